The highest BCUT2D eigenvalue weighted by atomic mass is 35.5. The molecule has 0 aliphatic heterocycles. The Labute approximate surface area is 145 Å². The second kappa shape index (κ2) is 6.10. The van der Waals surface area contributed by atoms with Gasteiger partial charge in [-0.25, -0.2) is 5.43 Å². The molecule has 0 bridgehead atoms. The average Bonchev–Trinajstić information content (AvgIpc) is 3.02. The van der Waals surface area contributed by atoms with Crippen LogP contribution in [0.1, 0.15) is 27.0 Å². The van der Waals surface area contributed by atoms with Gasteiger partial charge >= 0.3 is 0 Å². The largest absolute Gasteiger partial charge is 0.272 e. The minimum atomic E-state index is -0.317. The lowest BCUT2D eigenvalue weighted by Crippen LogP contribution is -2.17. The number of hydrogen-bond donors (Lipinski definition) is 1. The number of nitrogens with zero attached hydrogens (tertiary/aromatic N) is 1. The SMILES string of the molecule is O=C(N/N=C\c1ccc2c3c(cccc13)CC2)c1ccccc1Cl. The number of nitrogens with one attached hydrogen (secondary N) is 1. The third-order valence-electron chi connectivity index (χ3n) is 4.40. The Kier molecular flexibility index (Phi) is 3.79. The van der Waals surface area contributed by atoms with Gasteiger partial charge in [-0.05, 0) is 46.9 Å². The van der Waals surface area contributed by atoms with Crippen LogP contribution in [0.3, 0.4) is 0 Å². The predicted molar refractivity (Wildman–Crippen MR) is 97.9 cm³/mol. The van der Waals surface area contributed by atoms with Crippen molar-refractivity contribution in [3.8, 4) is 0 Å². The molecule has 3 aromatic rings. The van der Waals surface area contributed by atoms with Crippen LogP contribution in [0.4, 0.5) is 0 Å². The van der Waals surface area contributed by atoms with Crippen molar-refractivity contribution in [1.29, 1.82) is 0 Å². The molecular weight excluding hydrogens is 320 g/mol. The van der Waals surface area contributed by atoms with Gasteiger partial charge in [0.2, 0.25) is 0 Å². The number of hydrazone groups is 1. The summed E-state index contributed by atoms with van der Waals surface area (Å²) in [6.45, 7) is 0. The second-order valence-corrected chi connectivity index (χ2v) is 6.24. The Balaban J connectivity index is 1.60. The van der Waals surface area contributed by atoms with Gasteiger partial charge in [-0.15, -0.1) is 0 Å². The zero-order valence-corrected chi connectivity index (χ0v) is 13.7. The summed E-state index contributed by atoms with van der Waals surface area (Å²) < 4.78 is 0. The molecular formula is C20H15ClN2O. The molecule has 0 heterocycles. The monoisotopic (exact) mass is 334 g/mol. The number of benzene rings is 3. The van der Waals surface area contributed by atoms with E-state index in [-0.39, 0.29) is 5.91 Å². The molecule has 1 N–H and O–H groups in total. The van der Waals surface area contributed by atoms with Gasteiger partial charge in [0, 0.05) is 5.56 Å². The quantitative estimate of drug-likeness (QED) is 0.561. The zero-order chi connectivity index (χ0) is 16.5. The number of amides is 1. The van der Waals surface area contributed by atoms with Gasteiger partial charge in [0.15, 0.2) is 0 Å². The third kappa shape index (κ3) is 2.57. The molecule has 1 amide bonds. The minimum Gasteiger partial charge on any atom is -0.267 e. The summed E-state index contributed by atoms with van der Waals surface area (Å²) >= 11 is 6.02. The molecule has 3 nitrogen and oxygen atoms in total. The number of hydrogen-bond acceptors (Lipinski definition) is 2. The van der Waals surface area contributed by atoms with Crippen LogP contribution in [0.2, 0.25) is 5.02 Å². The first-order chi connectivity index (χ1) is 11.7. The number of aryl methyl sites for hydroxylation is 2. The zero-order valence-electron chi connectivity index (χ0n) is 12.9. The van der Waals surface area contributed by atoms with Gasteiger partial charge in [0.25, 0.3) is 5.91 Å². The molecule has 0 radical (unpaired) electrons. The van der Waals surface area contributed by atoms with Gasteiger partial charge in [0.1, 0.15) is 0 Å². The van der Waals surface area contributed by atoms with E-state index in [1.165, 1.54) is 21.9 Å². The van der Waals surface area contributed by atoms with Gasteiger partial charge < -0.3 is 0 Å². The normalized spacial score (nSPS) is 12.9. The number of carbonyl (C=O) groups excluding carboxylic acids is 1. The highest BCUT2D eigenvalue weighted by Crippen LogP contribution is 2.32. The number of halogens is 1. The van der Waals surface area contributed by atoms with E-state index in [4.69, 9.17) is 11.6 Å². The highest BCUT2D eigenvalue weighted by molar-refractivity contribution is 6.33. The number of rotatable bonds is 3. The summed E-state index contributed by atoms with van der Waals surface area (Å²) in [4.78, 5) is 12.1. The van der Waals surface area contributed by atoms with Crippen LogP contribution >= 0.6 is 11.6 Å². The topological polar surface area (TPSA) is 41.5 Å². The van der Waals surface area contributed by atoms with Crippen molar-refractivity contribution in [2.24, 2.45) is 5.10 Å². The minimum absolute atomic E-state index is 0.317. The van der Waals surface area contributed by atoms with Crippen molar-refractivity contribution >= 4 is 34.5 Å². The van der Waals surface area contributed by atoms with Crippen LogP contribution < -0.4 is 5.43 Å². The van der Waals surface area contributed by atoms with E-state index in [9.17, 15) is 4.79 Å². The molecule has 24 heavy (non-hydrogen) atoms. The summed E-state index contributed by atoms with van der Waals surface area (Å²) in [6.07, 6.45) is 3.88. The van der Waals surface area contributed by atoms with Crippen molar-refractivity contribution in [1.82, 2.24) is 5.43 Å². The first-order valence-corrected chi connectivity index (χ1v) is 8.23. The van der Waals surface area contributed by atoms with Crippen molar-refractivity contribution in [3.05, 3.63) is 81.9 Å². The van der Waals surface area contributed by atoms with E-state index in [2.05, 4.69) is 40.9 Å². The van der Waals surface area contributed by atoms with E-state index in [1.807, 2.05) is 0 Å². The molecule has 0 spiro atoms. The Morgan fingerprint density at radius 3 is 2.62 bits per heavy atom. The molecule has 0 unspecified atom stereocenters. The summed E-state index contributed by atoms with van der Waals surface area (Å²) in [7, 11) is 0. The first-order valence-electron chi connectivity index (χ1n) is 7.85. The molecule has 0 aromatic heterocycles. The van der Waals surface area contributed by atoms with E-state index < -0.39 is 0 Å². The Bertz CT molecular complexity index is 968. The molecule has 3 aromatic carbocycles. The Morgan fingerprint density at radius 2 is 1.79 bits per heavy atom. The maximum atomic E-state index is 12.1. The van der Waals surface area contributed by atoms with E-state index in [1.54, 1.807) is 30.5 Å². The Morgan fingerprint density at radius 1 is 1.00 bits per heavy atom. The fourth-order valence-electron chi connectivity index (χ4n) is 3.25. The van der Waals surface area contributed by atoms with Gasteiger partial charge in [-0.1, -0.05) is 54.1 Å². The standard InChI is InChI=1S/C20H15ClN2O/c21-18-7-2-1-5-17(18)20(24)23-22-12-15-11-10-14-9-8-13-4-3-6-16(15)19(13)14/h1-7,10-12H,8-9H2,(H,23,24)/b22-12-. The summed E-state index contributed by atoms with van der Waals surface area (Å²) in [5.41, 5.74) is 6.73. The molecule has 4 rings (SSSR count). The molecule has 0 fully saturated rings. The van der Waals surface area contributed by atoms with Crippen LogP contribution in [0.5, 0.6) is 0 Å². The maximum absolute atomic E-state index is 12.1. The highest BCUT2D eigenvalue weighted by Gasteiger charge is 2.15. The van der Waals surface area contributed by atoms with Crippen molar-refractivity contribution in [2.45, 2.75) is 12.8 Å². The fraction of sp³-hybridized carbons (Fsp3) is 0.100. The summed E-state index contributed by atoms with van der Waals surface area (Å²) in [5.74, 6) is -0.317. The lowest BCUT2D eigenvalue weighted by atomic mass is 10.0. The van der Waals surface area contributed by atoms with Gasteiger partial charge in [-0.3, -0.25) is 4.79 Å². The summed E-state index contributed by atoms with van der Waals surface area (Å²) in [6, 6.07) is 17.5. The van der Waals surface area contributed by atoms with Crippen molar-refractivity contribution in [3.63, 3.8) is 0 Å². The van der Waals surface area contributed by atoms with Gasteiger partial charge in [0.05, 0.1) is 16.8 Å². The van der Waals surface area contributed by atoms with E-state index in [0.29, 0.717) is 10.6 Å². The molecule has 0 saturated heterocycles. The van der Waals surface area contributed by atoms with Crippen LogP contribution in [0.25, 0.3) is 10.8 Å². The molecule has 0 atom stereocenters. The number of carbonyl (C=O) groups is 1. The van der Waals surface area contributed by atoms with Gasteiger partial charge in [-0.2, -0.15) is 5.10 Å². The molecule has 1 aliphatic rings. The summed E-state index contributed by atoms with van der Waals surface area (Å²) in [5, 5.41) is 7.03. The van der Waals surface area contributed by atoms with Crippen LogP contribution in [-0.4, -0.2) is 12.1 Å². The predicted octanol–water partition coefficient (Wildman–Crippen LogP) is 4.36. The first kappa shape index (κ1) is 14.9. The van der Waals surface area contributed by atoms with Crippen LogP contribution in [0, 0.1) is 0 Å². The van der Waals surface area contributed by atoms with Crippen LogP contribution in [-0.2, 0) is 12.8 Å². The maximum Gasteiger partial charge on any atom is 0.272 e. The molecule has 0 saturated carbocycles. The van der Waals surface area contributed by atoms with E-state index >= 15 is 0 Å². The van der Waals surface area contributed by atoms with E-state index in [0.717, 1.165) is 18.4 Å². The second-order valence-electron chi connectivity index (χ2n) is 5.83. The average molecular weight is 335 g/mol. The smallest absolute Gasteiger partial charge is 0.267 e. The molecule has 118 valence electrons. The molecule has 4 heteroatoms. The molecule has 1 aliphatic carbocycles. The lowest BCUT2D eigenvalue weighted by Gasteiger charge is -2.05. The van der Waals surface area contributed by atoms with Crippen LogP contribution in [0.15, 0.2) is 59.7 Å². The Hall–Kier alpha value is -2.65. The fourth-order valence-corrected chi connectivity index (χ4v) is 3.47. The van der Waals surface area contributed by atoms with Crippen molar-refractivity contribution in [2.75, 3.05) is 0 Å². The lowest BCUT2D eigenvalue weighted by molar-refractivity contribution is 0.0955. The van der Waals surface area contributed by atoms with Crippen molar-refractivity contribution < 1.29 is 4.79 Å². The third-order valence-corrected chi connectivity index (χ3v) is 4.73.